The Labute approximate surface area is 134 Å². The standard InChI is InChI=1S/C17H19FN2OS/c18-13-1-3-14(4-2-13)22-11-12-9-17(5-6-17)10-15(12)16(21)20-8-7-19/h1-4,12,15H,5-6,8-11H2,(H,20,21). The van der Waals surface area contributed by atoms with Crippen LogP contribution >= 0.6 is 11.8 Å². The van der Waals surface area contributed by atoms with E-state index in [9.17, 15) is 9.18 Å². The Bertz CT molecular complexity index is 592. The highest BCUT2D eigenvalue weighted by Gasteiger charge is 2.54. The van der Waals surface area contributed by atoms with Crippen molar-refractivity contribution < 1.29 is 9.18 Å². The van der Waals surface area contributed by atoms with Crippen molar-refractivity contribution >= 4 is 17.7 Å². The van der Waals surface area contributed by atoms with Crippen LogP contribution in [0, 0.1) is 34.4 Å². The summed E-state index contributed by atoms with van der Waals surface area (Å²) in [6.45, 7) is 0.0835. The number of nitrogens with one attached hydrogen (secondary N) is 1. The Morgan fingerprint density at radius 1 is 1.36 bits per heavy atom. The van der Waals surface area contributed by atoms with Gasteiger partial charge in [0.25, 0.3) is 0 Å². The summed E-state index contributed by atoms with van der Waals surface area (Å²) in [6, 6.07) is 8.47. The van der Waals surface area contributed by atoms with Crippen molar-refractivity contribution in [1.29, 1.82) is 5.26 Å². The normalized spacial score (nSPS) is 24.9. The molecule has 2 atom stereocenters. The maximum Gasteiger partial charge on any atom is 0.224 e. The molecule has 0 aromatic heterocycles. The maximum absolute atomic E-state index is 12.9. The molecule has 1 spiro atoms. The summed E-state index contributed by atoms with van der Waals surface area (Å²) in [6.07, 6.45) is 4.52. The van der Waals surface area contributed by atoms with E-state index < -0.39 is 0 Å². The Kier molecular flexibility index (Phi) is 4.39. The molecule has 3 rings (SSSR count). The molecule has 1 N–H and O–H groups in total. The zero-order valence-corrected chi connectivity index (χ0v) is 13.2. The van der Waals surface area contributed by atoms with E-state index in [1.54, 1.807) is 23.9 Å². The first-order valence-corrected chi connectivity index (χ1v) is 8.63. The summed E-state index contributed by atoms with van der Waals surface area (Å²) in [4.78, 5) is 13.3. The van der Waals surface area contributed by atoms with Crippen molar-refractivity contribution in [2.45, 2.75) is 30.6 Å². The minimum absolute atomic E-state index is 0.0174. The lowest BCUT2D eigenvalue weighted by Gasteiger charge is -2.18. The predicted octanol–water partition coefficient (Wildman–Crippen LogP) is 3.36. The SMILES string of the molecule is N#CCNC(=O)C1CC2(CC2)CC1CSc1ccc(F)cc1. The first kappa shape index (κ1) is 15.4. The van der Waals surface area contributed by atoms with E-state index in [2.05, 4.69) is 5.32 Å². The fourth-order valence-corrected chi connectivity index (χ4v) is 4.56. The number of carbonyl (C=O) groups is 1. The fourth-order valence-electron chi connectivity index (χ4n) is 3.47. The molecule has 2 unspecified atom stereocenters. The molecule has 3 nitrogen and oxygen atoms in total. The van der Waals surface area contributed by atoms with Crippen LogP contribution in [0.4, 0.5) is 4.39 Å². The molecule has 1 aromatic carbocycles. The quantitative estimate of drug-likeness (QED) is 0.669. The van der Waals surface area contributed by atoms with Gasteiger partial charge in [0.15, 0.2) is 0 Å². The summed E-state index contributed by atoms with van der Waals surface area (Å²) in [7, 11) is 0. The van der Waals surface area contributed by atoms with Gasteiger partial charge < -0.3 is 5.32 Å². The Hall–Kier alpha value is -1.54. The molecule has 2 fully saturated rings. The summed E-state index contributed by atoms with van der Waals surface area (Å²) in [5.41, 5.74) is 0.392. The topological polar surface area (TPSA) is 52.9 Å². The lowest BCUT2D eigenvalue weighted by molar-refractivity contribution is -0.125. The van der Waals surface area contributed by atoms with E-state index in [-0.39, 0.29) is 24.2 Å². The Morgan fingerprint density at radius 2 is 2.09 bits per heavy atom. The number of nitrogens with zero attached hydrogens (tertiary/aromatic N) is 1. The molecule has 0 radical (unpaired) electrons. The smallest absolute Gasteiger partial charge is 0.224 e. The number of thioether (sulfide) groups is 1. The van der Waals surface area contributed by atoms with Crippen LogP contribution in [0.3, 0.4) is 0 Å². The summed E-state index contributed by atoms with van der Waals surface area (Å²) in [5, 5.41) is 11.3. The average molecular weight is 318 g/mol. The molecule has 2 aliphatic carbocycles. The number of carbonyl (C=O) groups excluding carboxylic acids is 1. The van der Waals surface area contributed by atoms with Crippen molar-refractivity contribution in [3.8, 4) is 6.07 Å². The van der Waals surface area contributed by atoms with Crippen molar-refractivity contribution in [3.05, 3.63) is 30.1 Å². The van der Waals surface area contributed by atoms with E-state index in [0.29, 0.717) is 11.3 Å². The molecule has 5 heteroatoms. The van der Waals surface area contributed by atoms with Gasteiger partial charge >= 0.3 is 0 Å². The minimum Gasteiger partial charge on any atom is -0.343 e. The van der Waals surface area contributed by atoms with Gasteiger partial charge in [-0.15, -0.1) is 11.8 Å². The highest BCUT2D eigenvalue weighted by atomic mass is 32.2. The largest absolute Gasteiger partial charge is 0.343 e. The van der Waals surface area contributed by atoms with Crippen molar-refractivity contribution in [2.24, 2.45) is 17.3 Å². The van der Waals surface area contributed by atoms with Gasteiger partial charge in [0.1, 0.15) is 12.4 Å². The molecule has 0 heterocycles. The third kappa shape index (κ3) is 3.44. The molecular weight excluding hydrogens is 299 g/mol. The fraction of sp³-hybridized carbons (Fsp3) is 0.529. The van der Waals surface area contributed by atoms with Gasteiger partial charge in [0, 0.05) is 16.6 Å². The van der Waals surface area contributed by atoms with Crippen LogP contribution in [0.1, 0.15) is 25.7 Å². The highest BCUT2D eigenvalue weighted by Crippen LogP contribution is 2.62. The van der Waals surface area contributed by atoms with E-state index >= 15 is 0 Å². The van der Waals surface area contributed by atoms with Crippen LogP contribution < -0.4 is 5.32 Å². The van der Waals surface area contributed by atoms with E-state index in [4.69, 9.17) is 5.26 Å². The molecule has 2 saturated carbocycles. The minimum atomic E-state index is -0.226. The van der Waals surface area contributed by atoms with Crippen LogP contribution in [0.2, 0.25) is 0 Å². The lowest BCUT2D eigenvalue weighted by atomic mass is 9.97. The van der Waals surface area contributed by atoms with Crippen LogP contribution in [-0.4, -0.2) is 18.2 Å². The first-order valence-electron chi connectivity index (χ1n) is 7.65. The number of hydrogen-bond acceptors (Lipinski definition) is 3. The second-order valence-corrected chi connectivity index (χ2v) is 7.51. The van der Waals surface area contributed by atoms with Gasteiger partial charge in [0.2, 0.25) is 5.91 Å². The zero-order chi connectivity index (χ0) is 15.6. The molecule has 0 saturated heterocycles. The van der Waals surface area contributed by atoms with Gasteiger partial charge in [-0.3, -0.25) is 4.79 Å². The molecule has 1 amide bonds. The van der Waals surface area contributed by atoms with Crippen LogP contribution in [0.15, 0.2) is 29.2 Å². The first-order chi connectivity index (χ1) is 10.6. The van der Waals surface area contributed by atoms with E-state index in [1.807, 2.05) is 6.07 Å². The van der Waals surface area contributed by atoms with Crippen LogP contribution in [0.25, 0.3) is 0 Å². The van der Waals surface area contributed by atoms with Crippen molar-refractivity contribution in [2.75, 3.05) is 12.3 Å². The number of halogens is 1. The maximum atomic E-state index is 12.9. The van der Waals surface area contributed by atoms with E-state index in [0.717, 1.165) is 23.5 Å². The average Bonchev–Trinajstić information content (AvgIpc) is 3.17. The number of benzene rings is 1. The molecule has 1 aromatic rings. The second kappa shape index (κ2) is 6.29. The number of hydrogen-bond donors (Lipinski definition) is 1. The third-order valence-electron chi connectivity index (χ3n) is 4.83. The summed E-state index contributed by atoms with van der Waals surface area (Å²) in [5.74, 6) is 1.03. The number of amides is 1. The van der Waals surface area contributed by atoms with Crippen molar-refractivity contribution in [3.63, 3.8) is 0 Å². The molecular formula is C17H19FN2OS. The monoisotopic (exact) mass is 318 g/mol. The predicted molar refractivity (Wildman–Crippen MR) is 83.6 cm³/mol. The zero-order valence-electron chi connectivity index (χ0n) is 12.3. The Balaban J connectivity index is 1.61. The molecule has 0 aliphatic heterocycles. The Morgan fingerprint density at radius 3 is 2.73 bits per heavy atom. The molecule has 0 bridgehead atoms. The third-order valence-corrected chi connectivity index (χ3v) is 6.03. The number of rotatable bonds is 5. The van der Waals surface area contributed by atoms with Crippen molar-refractivity contribution in [1.82, 2.24) is 5.32 Å². The van der Waals surface area contributed by atoms with Gasteiger partial charge in [0.05, 0.1) is 6.07 Å². The van der Waals surface area contributed by atoms with Gasteiger partial charge in [-0.1, -0.05) is 0 Å². The number of nitriles is 1. The van der Waals surface area contributed by atoms with Gasteiger partial charge in [-0.2, -0.15) is 5.26 Å². The van der Waals surface area contributed by atoms with Crippen LogP contribution in [-0.2, 0) is 4.79 Å². The van der Waals surface area contributed by atoms with Gasteiger partial charge in [-0.25, -0.2) is 4.39 Å². The van der Waals surface area contributed by atoms with Gasteiger partial charge in [-0.05, 0) is 61.3 Å². The lowest BCUT2D eigenvalue weighted by Crippen LogP contribution is -2.33. The summed E-state index contributed by atoms with van der Waals surface area (Å²) < 4.78 is 12.9. The second-order valence-electron chi connectivity index (χ2n) is 6.42. The highest BCUT2D eigenvalue weighted by molar-refractivity contribution is 7.99. The molecule has 2 aliphatic rings. The van der Waals surface area contributed by atoms with Crippen LogP contribution in [0.5, 0.6) is 0 Å². The molecule has 22 heavy (non-hydrogen) atoms. The molecule has 116 valence electrons. The van der Waals surface area contributed by atoms with E-state index in [1.165, 1.54) is 25.0 Å². The summed E-state index contributed by atoms with van der Waals surface area (Å²) >= 11 is 1.69.